The molecular formula is C66H56N2O3. The van der Waals surface area contributed by atoms with E-state index in [-0.39, 0.29) is 0 Å². The third-order valence-electron chi connectivity index (χ3n) is 16.1. The van der Waals surface area contributed by atoms with Crippen molar-refractivity contribution in [2.75, 3.05) is 9.80 Å². The van der Waals surface area contributed by atoms with Crippen molar-refractivity contribution in [2.45, 2.75) is 89.9 Å². The number of para-hydroxylation sites is 4. The molecule has 14 rings (SSSR count). The molecule has 9 aromatic carbocycles. The minimum atomic E-state index is 0.520. The second-order valence-corrected chi connectivity index (χ2v) is 20.6. The van der Waals surface area contributed by atoms with E-state index >= 15 is 0 Å². The summed E-state index contributed by atoms with van der Waals surface area (Å²) in [6.45, 7) is 4.33. The molecule has 348 valence electrons. The average molecular weight is 925 g/mol. The molecule has 12 aromatic rings. The van der Waals surface area contributed by atoms with E-state index in [1.807, 2.05) is 0 Å². The Morgan fingerprint density at radius 3 is 1.39 bits per heavy atom. The van der Waals surface area contributed by atoms with Crippen molar-refractivity contribution in [1.82, 2.24) is 0 Å². The van der Waals surface area contributed by atoms with Gasteiger partial charge in [-0.15, -0.1) is 0 Å². The Bertz CT molecular complexity index is 4030. The molecule has 3 heterocycles. The van der Waals surface area contributed by atoms with Gasteiger partial charge in [-0.3, -0.25) is 0 Å². The van der Waals surface area contributed by atoms with Crippen LogP contribution in [0.2, 0.25) is 0 Å². The highest BCUT2D eigenvalue weighted by Crippen LogP contribution is 2.51. The minimum Gasteiger partial charge on any atom is -0.456 e. The van der Waals surface area contributed by atoms with Gasteiger partial charge in [0.05, 0.1) is 22.7 Å². The first-order valence-corrected chi connectivity index (χ1v) is 26.0. The van der Waals surface area contributed by atoms with Crippen LogP contribution in [0.5, 0.6) is 0 Å². The molecule has 0 radical (unpaired) electrons. The standard InChI is InChI=1S/C66H56N2O3/c1-41-17-11-23-45(37-41)67(57-33-15-31-54-52-29-13-27-48(63(52)70-65(54)57)43-19-5-3-6-20-43)47-35-36-56-60(39-47)69-61-40-59(50-25-9-10-26-51(50)62(56)61)68(46-24-12-18-42(2)38-46)58-34-16-32-55-53-30-14-28-49(64(53)71-66(55)58)44-21-7-4-8-22-44/h9-18,23-40,43-44H,3-8,19-22H2,1-2H3. The molecule has 2 aliphatic carbocycles. The number of hydrogen-bond donors (Lipinski definition) is 0. The zero-order chi connectivity index (χ0) is 47.2. The van der Waals surface area contributed by atoms with Crippen LogP contribution in [0.15, 0.2) is 183 Å². The maximum absolute atomic E-state index is 7.19. The highest BCUT2D eigenvalue weighted by atomic mass is 16.3. The second-order valence-electron chi connectivity index (χ2n) is 20.6. The molecule has 71 heavy (non-hydrogen) atoms. The van der Waals surface area contributed by atoms with Crippen LogP contribution in [-0.4, -0.2) is 0 Å². The molecule has 5 heteroatoms. The number of furan rings is 3. The Labute approximate surface area is 413 Å². The number of nitrogens with zero attached hydrogens (tertiary/aromatic N) is 2. The first-order chi connectivity index (χ1) is 35.0. The quantitative estimate of drug-likeness (QED) is 0.152. The van der Waals surface area contributed by atoms with Crippen LogP contribution in [0, 0.1) is 13.8 Å². The van der Waals surface area contributed by atoms with Crippen molar-refractivity contribution < 1.29 is 13.3 Å². The highest BCUT2D eigenvalue weighted by Gasteiger charge is 2.28. The molecule has 0 aliphatic heterocycles. The van der Waals surface area contributed by atoms with Crippen molar-refractivity contribution in [3.05, 3.63) is 192 Å². The van der Waals surface area contributed by atoms with Crippen molar-refractivity contribution >= 4 is 111 Å². The van der Waals surface area contributed by atoms with E-state index in [4.69, 9.17) is 13.3 Å². The lowest BCUT2D eigenvalue weighted by Crippen LogP contribution is -2.11. The molecule has 0 amide bonds. The molecule has 0 spiro atoms. The van der Waals surface area contributed by atoms with E-state index in [1.54, 1.807) is 0 Å². The lowest BCUT2D eigenvalue weighted by molar-refractivity contribution is 0.442. The van der Waals surface area contributed by atoms with Gasteiger partial charge in [0.25, 0.3) is 0 Å². The fourth-order valence-corrected chi connectivity index (χ4v) is 12.8. The minimum absolute atomic E-state index is 0.520. The molecule has 0 atom stereocenters. The summed E-state index contributed by atoms with van der Waals surface area (Å²) in [6.07, 6.45) is 12.6. The van der Waals surface area contributed by atoms with Crippen molar-refractivity contribution in [2.24, 2.45) is 0 Å². The monoisotopic (exact) mass is 924 g/mol. The molecule has 3 aromatic heterocycles. The molecule has 0 bridgehead atoms. The van der Waals surface area contributed by atoms with Crippen LogP contribution in [-0.2, 0) is 0 Å². The van der Waals surface area contributed by atoms with Crippen LogP contribution < -0.4 is 9.80 Å². The normalized spacial score (nSPS) is 15.1. The highest BCUT2D eigenvalue weighted by molar-refractivity contribution is 6.23. The van der Waals surface area contributed by atoms with E-state index in [0.29, 0.717) is 11.8 Å². The van der Waals surface area contributed by atoms with Crippen LogP contribution in [0.4, 0.5) is 34.1 Å². The topological polar surface area (TPSA) is 45.9 Å². The third kappa shape index (κ3) is 6.95. The molecule has 2 aliphatic rings. The van der Waals surface area contributed by atoms with Crippen LogP contribution >= 0.6 is 0 Å². The van der Waals surface area contributed by atoms with Gasteiger partial charge in [0.15, 0.2) is 11.2 Å². The van der Waals surface area contributed by atoms with Crippen LogP contribution in [0.1, 0.15) is 98.3 Å². The predicted octanol–water partition coefficient (Wildman–Crippen LogP) is 20.2. The van der Waals surface area contributed by atoms with Crippen LogP contribution in [0.3, 0.4) is 0 Å². The molecule has 2 fully saturated rings. The average Bonchev–Trinajstić information content (AvgIpc) is 4.12. The molecule has 5 nitrogen and oxygen atoms in total. The van der Waals surface area contributed by atoms with Gasteiger partial charge in [-0.1, -0.05) is 148 Å². The van der Waals surface area contributed by atoms with Crippen molar-refractivity contribution in [1.29, 1.82) is 0 Å². The van der Waals surface area contributed by atoms with Gasteiger partial charge in [0.1, 0.15) is 22.3 Å². The first-order valence-electron chi connectivity index (χ1n) is 26.0. The fourth-order valence-electron chi connectivity index (χ4n) is 12.8. The summed E-state index contributed by atoms with van der Waals surface area (Å²) in [5, 5.41) is 9.09. The van der Waals surface area contributed by atoms with Crippen molar-refractivity contribution in [3.63, 3.8) is 0 Å². The number of fused-ring (bicyclic) bond motifs is 11. The summed E-state index contributed by atoms with van der Waals surface area (Å²) in [7, 11) is 0. The maximum Gasteiger partial charge on any atom is 0.159 e. The lowest BCUT2D eigenvalue weighted by Gasteiger charge is -2.27. The largest absolute Gasteiger partial charge is 0.456 e. The second kappa shape index (κ2) is 17.0. The number of hydrogen-bond acceptors (Lipinski definition) is 5. The van der Waals surface area contributed by atoms with E-state index in [9.17, 15) is 0 Å². The van der Waals surface area contributed by atoms with Gasteiger partial charge in [-0.2, -0.15) is 0 Å². The number of aryl methyl sites for hydroxylation is 2. The summed E-state index contributed by atoms with van der Waals surface area (Å²) in [6, 6.07) is 62.1. The van der Waals surface area contributed by atoms with E-state index in [0.717, 1.165) is 99.9 Å². The Balaban J connectivity index is 0.960. The van der Waals surface area contributed by atoms with Gasteiger partial charge in [0, 0.05) is 61.2 Å². The fraction of sp³-hybridized carbons (Fsp3) is 0.212. The summed E-state index contributed by atoms with van der Waals surface area (Å²) in [4.78, 5) is 4.74. The Morgan fingerprint density at radius 2 is 0.817 bits per heavy atom. The molecule has 0 saturated heterocycles. The number of rotatable bonds is 8. The van der Waals surface area contributed by atoms with Gasteiger partial charge < -0.3 is 23.1 Å². The SMILES string of the molecule is Cc1cccc(N(c2ccc3c(c2)oc2cc(N(c4cccc(C)c4)c4cccc5c4oc4c(C6CCCCC6)cccc45)c4ccccc4c23)c2cccc3c2oc2c(C4CCCCC4)cccc23)c1. The zero-order valence-corrected chi connectivity index (χ0v) is 40.5. The van der Waals surface area contributed by atoms with Gasteiger partial charge in [0.2, 0.25) is 0 Å². The number of anilines is 6. The summed E-state index contributed by atoms with van der Waals surface area (Å²) >= 11 is 0. The Morgan fingerprint density at radius 1 is 0.338 bits per heavy atom. The summed E-state index contributed by atoms with van der Waals surface area (Å²) in [5.41, 5.74) is 16.7. The van der Waals surface area contributed by atoms with Gasteiger partial charge >= 0.3 is 0 Å². The summed E-state index contributed by atoms with van der Waals surface area (Å²) < 4.78 is 21.5. The number of benzene rings is 9. The molecular weight excluding hydrogens is 869 g/mol. The predicted molar refractivity (Wildman–Crippen MR) is 296 cm³/mol. The zero-order valence-electron chi connectivity index (χ0n) is 40.5. The Kier molecular flexibility index (Phi) is 10.1. The smallest absolute Gasteiger partial charge is 0.159 e. The molecule has 2 saturated carbocycles. The Hall–Kier alpha value is -7.76. The first kappa shape index (κ1) is 42.1. The van der Waals surface area contributed by atoms with E-state index < -0.39 is 0 Å². The molecule has 0 unspecified atom stereocenters. The summed E-state index contributed by atoms with van der Waals surface area (Å²) in [5.74, 6) is 1.05. The third-order valence-corrected chi connectivity index (χ3v) is 16.1. The van der Waals surface area contributed by atoms with Gasteiger partial charge in [-0.05, 0) is 128 Å². The van der Waals surface area contributed by atoms with Crippen molar-refractivity contribution in [3.8, 4) is 0 Å². The maximum atomic E-state index is 7.19. The van der Waals surface area contributed by atoms with E-state index in [2.05, 4.69) is 194 Å². The van der Waals surface area contributed by atoms with E-state index in [1.165, 1.54) is 97.2 Å². The van der Waals surface area contributed by atoms with Crippen LogP contribution in [0.25, 0.3) is 76.6 Å². The van der Waals surface area contributed by atoms with Gasteiger partial charge in [-0.25, -0.2) is 0 Å². The molecule has 0 N–H and O–H groups in total. The lowest BCUT2D eigenvalue weighted by atomic mass is 9.83.